The van der Waals surface area contributed by atoms with E-state index in [0.29, 0.717) is 17.9 Å². The summed E-state index contributed by atoms with van der Waals surface area (Å²) >= 11 is 0. The van der Waals surface area contributed by atoms with Gasteiger partial charge in [0.05, 0.1) is 17.6 Å². The number of rotatable bonds is 7. The van der Waals surface area contributed by atoms with E-state index < -0.39 is 0 Å². The summed E-state index contributed by atoms with van der Waals surface area (Å²) in [6.07, 6.45) is 7.92. The van der Waals surface area contributed by atoms with Crippen molar-refractivity contribution in [2.75, 3.05) is 11.4 Å². The summed E-state index contributed by atoms with van der Waals surface area (Å²) < 4.78 is 3.32. The quantitative estimate of drug-likeness (QED) is 0.429. The van der Waals surface area contributed by atoms with Crippen LogP contribution in [0, 0.1) is 0 Å². The van der Waals surface area contributed by atoms with E-state index in [4.69, 9.17) is 5.10 Å². The number of anilines is 1. The molecule has 5 aromatic rings. The average molecular weight is 425 g/mol. The van der Waals surface area contributed by atoms with Crippen LogP contribution in [-0.2, 0) is 6.54 Å². The molecule has 5 rings (SSSR count). The van der Waals surface area contributed by atoms with Crippen LogP contribution in [0.4, 0.5) is 5.82 Å². The van der Waals surface area contributed by atoms with Crippen LogP contribution in [-0.4, -0.2) is 35.7 Å². The molecule has 160 valence electrons. The Kier molecular flexibility index (Phi) is 5.03. The lowest BCUT2D eigenvalue weighted by Gasteiger charge is -2.25. The number of hydrogen-bond acceptors (Lipinski definition) is 5. The van der Waals surface area contributed by atoms with Gasteiger partial charge in [-0.25, -0.2) is 14.5 Å². The minimum atomic E-state index is -0.107. The lowest BCUT2D eigenvalue weighted by molar-refractivity contribution is 0.667. The fraction of sp³-hybridized carbons (Fsp3) is 0.167. The summed E-state index contributed by atoms with van der Waals surface area (Å²) in [5, 5.41) is 5.71. The number of para-hydroxylation sites is 1. The molecule has 0 amide bonds. The van der Waals surface area contributed by atoms with Crippen LogP contribution in [0.2, 0.25) is 0 Å². The number of aromatic amines is 1. The second-order valence-corrected chi connectivity index (χ2v) is 7.52. The highest BCUT2D eigenvalue weighted by atomic mass is 16.1. The van der Waals surface area contributed by atoms with Gasteiger partial charge >= 0.3 is 0 Å². The molecule has 1 aromatic carbocycles. The number of H-pyrrole nitrogens is 1. The highest BCUT2D eigenvalue weighted by molar-refractivity contribution is 5.95. The van der Waals surface area contributed by atoms with Gasteiger partial charge in [-0.2, -0.15) is 5.10 Å². The van der Waals surface area contributed by atoms with Crippen LogP contribution in [0.25, 0.3) is 28.3 Å². The monoisotopic (exact) mass is 425 g/mol. The Morgan fingerprint density at radius 2 is 2.00 bits per heavy atom. The second kappa shape index (κ2) is 8.14. The molecule has 0 aliphatic heterocycles. The molecule has 0 saturated heterocycles. The Hall–Kier alpha value is -4.20. The molecule has 0 unspecified atom stereocenters. The summed E-state index contributed by atoms with van der Waals surface area (Å²) in [6.45, 7) is 7.18. The van der Waals surface area contributed by atoms with Gasteiger partial charge in [-0.1, -0.05) is 37.8 Å². The van der Waals surface area contributed by atoms with Crippen molar-refractivity contribution < 1.29 is 0 Å². The summed E-state index contributed by atoms with van der Waals surface area (Å²) in [4.78, 5) is 27.7. The van der Waals surface area contributed by atoms with Crippen LogP contribution >= 0.6 is 0 Å². The fourth-order valence-corrected chi connectivity index (χ4v) is 4.05. The molecular formula is C24H23N7O. The Morgan fingerprint density at radius 3 is 2.78 bits per heavy atom. The first-order valence-corrected chi connectivity index (χ1v) is 10.6. The largest absolute Gasteiger partial charge is 0.348 e. The van der Waals surface area contributed by atoms with Crippen molar-refractivity contribution in [3.05, 3.63) is 89.5 Å². The van der Waals surface area contributed by atoms with Crippen LogP contribution < -0.4 is 10.5 Å². The number of nitrogens with zero attached hydrogens (tertiary/aromatic N) is 6. The summed E-state index contributed by atoms with van der Waals surface area (Å²) in [7, 11) is 0. The lowest BCUT2D eigenvalue weighted by atomic mass is 10.2. The molecule has 0 saturated carbocycles. The first kappa shape index (κ1) is 19.7. The molecule has 0 atom stereocenters. The molecule has 0 fully saturated rings. The SMILES string of the molecule is C=Cc1c[nH]c2ncnc(N(CCC)Cc3nn4cccc4c(=O)n3-c3ccccc3)c12. The van der Waals surface area contributed by atoms with Gasteiger partial charge in [0, 0.05) is 24.5 Å². The summed E-state index contributed by atoms with van der Waals surface area (Å²) in [6, 6.07) is 13.2. The molecule has 32 heavy (non-hydrogen) atoms. The molecule has 1 N–H and O–H groups in total. The maximum atomic E-state index is 13.4. The average Bonchev–Trinajstić information content (AvgIpc) is 3.46. The smallest absolute Gasteiger partial charge is 0.282 e. The zero-order chi connectivity index (χ0) is 22.1. The Labute approximate surface area is 184 Å². The van der Waals surface area contributed by atoms with Gasteiger partial charge in [0.1, 0.15) is 23.3 Å². The van der Waals surface area contributed by atoms with Crippen molar-refractivity contribution in [2.45, 2.75) is 19.9 Å². The first-order chi connectivity index (χ1) is 15.7. The Morgan fingerprint density at radius 1 is 1.16 bits per heavy atom. The maximum Gasteiger partial charge on any atom is 0.282 e. The normalized spacial score (nSPS) is 11.3. The summed E-state index contributed by atoms with van der Waals surface area (Å²) in [5.41, 5.74) is 2.89. The summed E-state index contributed by atoms with van der Waals surface area (Å²) in [5.74, 6) is 1.41. The number of hydrogen-bond donors (Lipinski definition) is 1. The van der Waals surface area contributed by atoms with E-state index in [1.807, 2.05) is 42.6 Å². The number of fused-ring (bicyclic) bond motifs is 2. The standard InChI is InChI=1S/C24H23N7O/c1-3-12-29(23-21-17(4-2)14-25-22(21)26-16-27-23)15-20-28-30-13-8-11-19(30)24(32)31(20)18-9-6-5-7-10-18/h4-11,13-14,16H,2-3,12,15H2,1H3,(H,25,26,27). The zero-order valence-electron chi connectivity index (χ0n) is 17.8. The predicted molar refractivity (Wildman–Crippen MR) is 126 cm³/mol. The second-order valence-electron chi connectivity index (χ2n) is 7.52. The van der Waals surface area contributed by atoms with Crippen LogP contribution in [0.1, 0.15) is 24.7 Å². The highest BCUT2D eigenvalue weighted by Gasteiger charge is 2.20. The molecule has 0 spiro atoms. The van der Waals surface area contributed by atoms with E-state index in [-0.39, 0.29) is 5.56 Å². The fourth-order valence-electron chi connectivity index (χ4n) is 4.05. The third-order valence-electron chi connectivity index (χ3n) is 5.47. The van der Waals surface area contributed by atoms with Crippen molar-refractivity contribution in [2.24, 2.45) is 0 Å². The van der Waals surface area contributed by atoms with E-state index in [2.05, 4.69) is 33.4 Å². The van der Waals surface area contributed by atoms with Crippen molar-refractivity contribution in [3.8, 4) is 5.69 Å². The molecule has 8 nitrogen and oxygen atoms in total. The maximum absolute atomic E-state index is 13.4. The van der Waals surface area contributed by atoms with Crippen LogP contribution in [0.15, 0.2) is 72.6 Å². The zero-order valence-corrected chi connectivity index (χ0v) is 17.8. The number of nitrogens with one attached hydrogen (secondary N) is 1. The predicted octanol–water partition coefficient (Wildman–Crippen LogP) is 3.82. The molecule has 0 bridgehead atoms. The molecule has 0 radical (unpaired) electrons. The van der Waals surface area contributed by atoms with Gasteiger partial charge in [0.25, 0.3) is 5.56 Å². The first-order valence-electron chi connectivity index (χ1n) is 10.6. The topological polar surface area (TPSA) is 84.1 Å². The minimum absolute atomic E-state index is 0.107. The van der Waals surface area contributed by atoms with Crippen molar-refractivity contribution in [3.63, 3.8) is 0 Å². The van der Waals surface area contributed by atoms with E-state index in [1.165, 1.54) is 0 Å². The molecule has 0 aliphatic carbocycles. The van der Waals surface area contributed by atoms with Crippen LogP contribution in [0.5, 0.6) is 0 Å². The van der Waals surface area contributed by atoms with Gasteiger partial charge in [0.15, 0.2) is 5.82 Å². The molecule has 4 heterocycles. The molecule has 4 aromatic heterocycles. The third kappa shape index (κ3) is 3.26. The van der Waals surface area contributed by atoms with Gasteiger partial charge in [-0.15, -0.1) is 0 Å². The Balaban J connectivity index is 1.70. The van der Waals surface area contributed by atoms with E-state index in [0.717, 1.165) is 41.1 Å². The lowest BCUT2D eigenvalue weighted by Crippen LogP contribution is -2.32. The molecular weight excluding hydrogens is 402 g/mol. The highest BCUT2D eigenvalue weighted by Crippen LogP contribution is 2.28. The van der Waals surface area contributed by atoms with Gasteiger partial charge in [-0.05, 0) is 30.7 Å². The molecule has 8 heteroatoms. The van der Waals surface area contributed by atoms with Crippen molar-refractivity contribution >= 4 is 28.4 Å². The van der Waals surface area contributed by atoms with E-state index >= 15 is 0 Å². The minimum Gasteiger partial charge on any atom is -0.348 e. The van der Waals surface area contributed by atoms with Crippen molar-refractivity contribution in [1.29, 1.82) is 0 Å². The van der Waals surface area contributed by atoms with Gasteiger partial charge < -0.3 is 9.88 Å². The van der Waals surface area contributed by atoms with Gasteiger partial charge in [-0.3, -0.25) is 9.36 Å². The number of aromatic nitrogens is 6. The van der Waals surface area contributed by atoms with E-state index in [9.17, 15) is 4.79 Å². The number of benzene rings is 1. The van der Waals surface area contributed by atoms with Crippen LogP contribution in [0.3, 0.4) is 0 Å². The third-order valence-corrected chi connectivity index (χ3v) is 5.47. The molecule has 0 aliphatic rings. The van der Waals surface area contributed by atoms with Crippen molar-refractivity contribution in [1.82, 2.24) is 29.1 Å². The van der Waals surface area contributed by atoms with Gasteiger partial charge in [0.2, 0.25) is 0 Å². The Bertz CT molecular complexity index is 1460. The van der Waals surface area contributed by atoms with E-state index in [1.54, 1.807) is 33.7 Å².